The zero-order valence-electron chi connectivity index (χ0n) is 14.2. The first-order valence-corrected chi connectivity index (χ1v) is 8.63. The highest BCUT2D eigenvalue weighted by atomic mass is 35.5. The van der Waals surface area contributed by atoms with E-state index in [0.717, 1.165) is 22.2 Å². The maximum Gasteiger partial charge on any atom is 0.337 e. The van der Waals surface area contributed by atoms with Crippen molar-refractivity contribution in [3.63, 3.8) is 0 Å². The fourth-order valence-electron chi connectivity index (χ4n) is 2.68. The third-order valence-corrected chi connectivity index (χ3v) is 4.13. The Morgan fingerprint density at radius 2 is 2.00 bits per heavy atom. The first kappa shape index (κ1) is 18.1. The molecule has 3 rings (SSSR count). The molecule has 0 spiro atoms. The van der Waals surface area contributed by atoms with E-state index in [0.29, 0.717) is 17.2 Å². The molecule has 0 saturated carbocycles. The van der Waals surface area contributed by atoms with E-state index >= 15 is 0 Å². The van der Waals surface area contributed by atoms with Gasteiger partial charge in [0.2, 0.25) is 0 Å². The normalized spacial score (nSPS) is 12.5. The number of ether oxygens (including phenoxy) is 1. The zero-order chi connectivity index (χ0) is 18.5. The minimum atomic E-state index is -0.999. The molecule has 26 heavy (non-hydrogen) atoms. The fourth-order valence-corrected chi connectivity index (χ4v) is 2.85. The molecule has 1 heterocycles. The molecular weight excluding hydrogens is 350 g/mol. The number of nitrogens with zero attached hydrogens (tertiary/aromatic N) is 1. The second kappa shape index (κ2) is 8.13. The number of aromatic nitrogens is 1. The second-order valence-corrected chi connectivity index (χ2v) is 6.19. The van der Waals surface area contributed by atoms with Gasteiger partial charge in [-0.1, -0.05) is 48.0 Å². The van der Waals surface area contributed by atoms with Gasteiger partial charge in [0.15, 0.2) is 6.10 Å². The molecular formula is C21H18ClNO3. The molecule has 0 aliphatic rings. The van der Waals surface area contributed by atoms with Gasteiger partial charge in [-0.15, -0.1) is 0 Å². The Kier molecular flexibility index (Phi) is 5.66. The summed E-state index contributed by atoms with van der Waals surface area (Å²) in [5, 5.41) is 11.0. The van der Waals surface area contributed by atoms with Gasteiger partial charge in [-0.05, 0) is 48.4 Å². The van der Waals surface area contributed by atoms with Crippen molar-refractivity contribution in [3.8, 4) is 0 Å². The summed E-state index contributed by atoms with van der Waals surface area (Å²) in [6, 6.07) is 16.8. The Bertz CT molecular complexity index is 968. The predicted octanol–water partition coefficient (Wildman–Crippen LogP) is 5.22. The van der Waals surface area contributed by atoms with Crippen molar-refractivity contribution in [2.75, 3.05) is 6.61 Å². The van der Waals surface area contributed by atoms with Crippen LogP contribution in [-0.2, 0) is 9.53 Å². The van der Waals surface area contributed by atoms with Gasteiger partial charge < -0.3 is 9.84 Å². The SMILES string of the molecule is CCOC(C(=O)O)c1cccc(/C=C/c2ccc3ccc(Cl)cc3n2)c1. The summed E-state index contributed by atoms with van der Waals surface area (Å²) in [6.45, 7) is 2.11. The van der Waals surface area contributed by atoms with E-state index < -0.39 is 12.1 Å². The molecule has 0 aliphatic carbocycles. The first-order valence-electron chi connectivity index (χ1n) is 8.25. The van der Waals surface area contributed by atoms with Gasteiger partial charge in [0.1, 0.15) is 0 Å². The average molecular weight is 368 g/mol. The zero-order valence-corrected chi connectivity index (χ0v) is 15.0. The highest BCUT2D eigenvalue weighted by Gasteiger charge is 2.19. The van der Waals surface area contributed by atoms with Crippen molar-refractivity contribution in [2.24, 2.45) is 0 Å². The molecule has 1 atom stereocenters. The number of carboxylic acids is 1. The number of aliphatic carboxylic acids is 1. The maximum absolute atomic E-state index is 11.4. The van der Waals surface area contributed by atoms with Crippen molar-refractivity contribution in [2.45, 2.75) is 13.0 Å². The molecule has 5 heteroatoms. The number of rotatable bonds is 6. The van der Waals surface area contributed by atoms with Crippen molar-refractivity contribution >= 4 is 40.6 Å². The van der Waals surface area contributed by atoms with E-state index in [9.17, 15) is 9.90 Å². The number of pyridine rings is 1. The maximum atomic E-state index is 11.4. The van der Waals surface area contributed by atoms with Crippen LogP contribution < -0.4 is 0 Å². The lowest BCUT2D eigenvalue weighted by Gasteiger charge is -2.13. The molecule has 0 amide bonds. The van der Waals surface area contributed by atoms with Crippen LogP contribution in [0.3, 0.4) is 0 Å². The highest BCUT2D eigenvalue weighted by molar-refractivity contribution is 6.31. The molecule has 2 aromatic carbocycles. The quantitative estimate of drug-likeness (QED) is 0.648. The third-order valence-electron chi connectivity index (χ3n) is 3.89. The van der Waals surface area contributed by atoms with Crippen LogP contribution in [0.5, 0.6) is 0 Å². The molecule has 3 aromatic rings. The van der Waals surface area contributed by atoms with Gasteiger partial charge in [-0.25, -0.2) is 9.78 Å². The minimum absolute atomic E-state index is 0.334. The monoisotopic (exact) mass is 367 g/mol. The van der Waals surface area contributed by atoms with Crippen LogP contribution in [0.15, 0.2) is 54.6 Å². The Hall–Kier alpha value is -2.69. The summed E-state index contributed by atoms with van der Waals surface area (Å²) in [4.78, 5) is 15.9. The summed E-state index contributed by atoms with van der Waals surface area (Å²) in [5.74, 6) is -0.999. The Morgan fingerprint density at radius 3 is 2.77 bits per heavy atom. The second-order valence-electron chi connectivity index (χ2n) is 5.75. The van der Waals surface area contributed by atoms with E-state index in [2.05, 4.69) is 4.98 Å². The lowest BCUT2D eigenvalue weighted by Crippen LogP contribution is -2.15. The van der Waals surface area contributed by atoms with E-state index in [-0.39, 0.29) is 0 Å². The van der Waals surface area contributed by atoms with Crippen LogP contribution in [0, 0.1) is 0 Å². The summed E-state index contributed by atoms with van der Waals surface area (Å²) in [5.41, 5.74) is 3.11. The molecule has 0 saturated heterocycles. The summed E-state index contributed by atoms with van der Waals surface area (Å²) in [6.07, 6.45) is 2.82. The van der Waals surface area contributed by atoms with Crippen LogP contribution in [0.4, 0.5) is 0 Å². The van der Waals surface area contributed by atoms with Gasteiger partial charge >= 0.3 is 5.97 Å². The first-order chi connectivity index (χ1) is 12.6. The molecule has 0 aliphatic heterocycles. The average Bonchev–Trinajstić information content (AvgIpc) is 2.64. The van der Waals surface area contributed by atoms with Crippen LogP contribution >= 0.6 is 11.6 Å². The van der Waals surface area contributed by atoms with Crippen LogP contribution in [-0.4, -0.2) is 22.7 Å². The van der Waals surface area contributed by atoms with E-state index in [1.807, 2.05) is 60.7 Å². The smallest absolute Gasteiger partial charge is 0.337 e. The Labute approximate surface area is 156 Å². The summed E-state index contributed by atoms with van der Waals surface area (Å²) in [7, 11) is 0. The lowest BCUT2D eigenvalue weighted by molar-refractivity contribution is -0.150. The topological polar surface area (TPSA) is 59.4 Å². The van der Waals surface area contributed by atoms with Crippen LogP contribution in [0.25, 0.3) is 23.1 Å². The number of fused-ring (bicyclic) bond motifs is 1. The van der Waals surface area contributed by atoms with Crippen molar-refractivity contribution < 1.29 is 14.6 Å². The number of halogens is 1. The Morgan fingerprint density at radius 1 is 1.19 bits per heavy atom. The van der Waals surface area contributed by atoms with Crippen molar-refractivity contribution in [1.29, 1.82) is 0 Å². The van der Waals surface area contributed by atoms with E-state index in [4.69, 9.17) is 16.3 Å². The summed E-state index contributed by atoms with van der Waals surface area (Å²) >= 11 is 6.02. The molecule has 1 aromatic heterocycles. The molecule has 1 unspecified atom stereocenters. The standard InChI is InChI=1S/C21H18ClNO3/c1-2-26-20(21(24)25)16-5-3-4-14(12-16)6-10-18-11-8-15-7-9-17(22)13-19(15)23-18/h3-13,20H,2H2,1H3,(H,24,25)/b10-6+. The molecule has 0 radical (unpaired) electrons. The van der Waals surface area contributed by atoms with E-state index in [1.54, 1.807) is 13.0 Å². The molecule has 0 bridgehead atoms. The number of carboxylic acid groups (broad SMARTS) is 1. The van der Waals surface area contributed by atoms with Crippen molar-refractivity contribution in [3.05, 3.63) is 76.4 Å². The highest BCUT2D eigenvalue weighted by Crippen LogP contribution is 2.21. The fraction of sp³-hybridized carbons (Fsp3) is 0.143. The number of carbonyl (C=O) groups is 1. The Balaban J connectivity index is 1.86. The van der Waals surface area contributed by atoms with E-state index in [1.165, 1.54) is 0 Å². The third kappa shape index (κ3) is 4.28. The van der Waals surface area contributed by atoms with Crippen molar-refractivity contribution in [1.82, 2.24) is 4.98 Å². The molecule has 4 nitrogen and oxygen atoms in total. The number of hydrogen-bond donors (Lipinski definition) is 1. The summed E-state index contributed by atoms with van der Waals surface area (Å²) < 4.78 is 5.32. The number of benzene rings is 2. The van der Waals surface area contributed by atoms with Crippen LogP contribution in [0.2, 0.25) is 5.02 Å². The van der Waals surface area contributed by atoms with Gasteiger partial charge in [-0.2, -0.15) is 0 Å². The largest absolute Gasteiger partial charge is 0.479 e. The lowest BCUT2D eigenvalue weighted by atomic mass is 10.1. The van der Waals surface area contributed by atoms with Gasteiger partial charge in [0.25, 0.3) is 0 Å². The predicted molar refractivity (Wildman–Crippen MR) is 104 cm³/mol. The molecule has 1 N–H and O–H groups in total. The minimum Gasteiger partial charge on any atom is -0.479 e. The number of hydrogen-bond acceptors (Lipinski definition) is 3. The molecule has 132 valence electrons. The van der Waals surface area contributed by atoms with Gasteiger partial charge in [0, 0.05) is 17.0 Å². The van der Waals surface area contributed by atoms with Gasteiger partial charge in [0.05, 0.1) is 11.2 Å². The van der Waals surface area contributed by atoms with Crippen LogP contribution in [0.1, 0.15) is 29.8 Å². The molecule has 0 fully saturated rings. The van der Waals surface area contributed by atoms with Gasteiger partial charge in [-0.3, -0.25) is 0 Å².